The van der Waals surface area contributed by atoms with E-state index < -0.39 is 18.3 Å². The Kier molecular flexibility index (Phi) is 5.15. The standard InChI is InChI=1S/C10H12BrF3N4O2/c1-17(2)7(19)4-15-6-3-16-18(5-10(12,13)14)9(20)8(6)11/h3,15H,4-5H2,1-2H3. The van der Waals surface area contributed by atoms with Gasteiger partial charge in [0.2, 0.25) is 5.91 Å². The van der Waals surface area contributed by atoms with E-state index >= 15 is 0 Å². The maximum Gasteiger partial charge on any atom is 0.408 e. The molecule has 0 saturated carbocycles. The number of halogens is 4. The van der Waals surface area contributed by atoms with Crippen LogP contribution in [-0.4, -0.2) is 47.4 Å². The molecule has 1 amide bonds. The van der Waals surface area contributed by atoms with E-state index in [2.05, 4.69) is 26.3 Å². The summed E-state index contributed by atoms with van der Waals surface area (Å²) < 4.78 is 36.8. The van der Waals surface area contributed by atoms with Crippen LogP contribution in [0.25, 0.3) is 0 Å². The van der Waals surface area contributed by atoms with Crippen molar-refractivity contribution in [2.24, 2.45) is 0 Å². The van der Waals surface area contributed by atoms with Crippen molar-refractivity contribution in [3.05, 3.63) is 21.0 Å². The molecule has 0 spiro atoms. The SMILES string of the molecule is CN(C)C(=O)CNc1cnn(CC(F)(F)F)c(=O)c1Br. The highest BCUT2D eigenvalue weighted by molar-refractivity contribution is 9.10. The first kappa shape index (κ1) is 16.5. The third kappa shape index (κ3) is 4.51. The highest BCUT2D eigenvalue weighted by Gasteiger charge is 2.29. The number of hydrogen-bond donors (Lipinski definition) is 1. The fourth-order valence-corrected chi connectivity index (χ4v) is 1.65. The molecule has 0 radical (unpaired) electrons. The lowest BCUT2D eigenvalue weighted by Crippen LogP contribution is -2.32. The summed E-state index contributed by atoms with van der Waals surface area (Å²) in [6.45, 7) is -1.57. The van der Waals surface area contributed by atoms with Gasteiger partial charge in [-0.05, 0) is 15.9 Å². The zero-order valence-electron chi connectivity index (χ0n) is 10.7. The van der Waals surface area contributed by atoms with Gasteiger partial charge in [-0.3, -0.25) is 9.59 Å². The normalized spacial score (nSPS) is 11.3. The third-order valence-electron chi connectivity index (χ3n) is 2.24. The first-order valence-electron chi connectivity index (χ1n) is 5.38. The lowest BCUT2D eigenvalue weighted by Gasteiger charge is -2.13. The minimum absolute atomic E-state index is 0.101. The second-order valence-corrected chi connectivity index (χ2v) is 4.88. The molecule has 10 heteroatoms. The van der Waals surface area contributed by atoms with Crippen molar-refractivity contribution in [2.75, 3.05) is 26.0 Å². The molecule has 1 aromatic heterocycles. The van der Waals surface area contributed by atoms with Crippen molar-refractivity contribution in [3.8, 4) is 0 Å². The van der Waals surface area contributed by atoms with Gasteiger partial charge in [-0.1, -0.05) is 0 Å². The van der Waals surface area contributed by atoms with Crippen LogP contribution >= 0.6 is 15.9 Å². The number of rotatable bonds is 4. The lowest BCUT2D eigenvalue weighted by molar-refractivity contribution is -0.143. The summed E-state index contributed by atoms with van der Waals surface area (Å²) in [5.74, 6) is -0.253. The van der Waals surface area contributed by atoms with Crippen molar-refractivity contribution < 1.29 is 18.0 Å². The van der Waals surface area contributed by atoms with Crippen LogP contribution in [0.4, 0.5) is 18.9 Å². The molecule has 0 aliphatic rings. The van der Waals surface area contributed by atoms with Gasteiger partial charge in [0.05, 0.1) is 18.4 Å². The van der Waals surface area contributed by atoms with Crippen molar-refractivity contribution in [1.29, 1.82) is 0 Å². The fraction of sp³-hybridized carbons (Fsp3) is 0.500. The number of likely N-dealkylation sites (N-methyl/N-ethyl adjacent to an activating group) is 1. The summed E-state index contributed by atoms with van der Waals surface area (Å²) in [5, 5.41) is 6.04. The van der Waals surface area contributed by atoms with Crippen LogP contribution in [0.1, 0.15) is 0 Å². The van der Waals surface area contributed by atoms with Crippen LogP contribution in [-0.2, 0) is 11.3 Å². The molecular weight excluding hydrogens is 345 g/mol. The monoisotopic (exact) mass is 356 g/mol. The number of carbonyl (C=O) groups excluding carboxylic acids is 1. The van der Waals surface area contributed by atoms with E-state index in [1.165, 1.54) is 4.90 Å². The van der Waals surface area contributed by atoms with Crippen molar-refractivity contribution in [1.82, 2.24) is 14.7 Å². The van der Waals surface area contributed by atoms with Gasteiger partial charge in [-0.25, -0.2) is 4.68 Å². The molecular formula is C10H12BrF3N4O2. The Balaban J connectivity index is 2.90. The molecule has 6 nitrogen and oxygen atoms in total. The number of anilines is 1. The number of hydrogen-bond acceptors (Lipinski definition) is 4. The molecule has 0 aliphatic heterocycles. The topological polar surface area (TPSA) is 67.2 Å². The van der Waals surface area contributed by atoms with E-state index in [1.54, 1.807) is 14.1 Å². The molecule has 20 heavy (non-hydrogen) atoms. The van der Waals surface area contributed by atoms with E-state index in [-0.39, 0.29) is 22.6 Å². The molecule has 0 aromatic carbocycles. The minimum Gasteiger partial charge on any atom is -0.374 e. The Hall–Kier alpha value is -1.58. The largest absolute Gasteiger partial charge is 0.408 e. The average Bonchev–Trinajstić information content (AvgIpc) is 2.32. The molecule has 0 unspecified atom stereocenters. The molecule has 1 heterocycles. The van der Waals surface area contributed by atoms with Gasteiger partial charge in [0.25, 0.3) is 5.56 Å². The maximum absolute atomic E-state index is 12.2. The van der Waals surface area contributed by atoms with E-state index in [4.69, 9.17) is 0 Å². The van der Waals surface area contributed by atoms with Crippen molar-refractivity contribution >= 4 is 27.5 Å². The molecule has 0 saturated heterocycles. The molecule has 0 bridgehead atoms. The third-order valence-corrected chi connectivity index (χ3v) is 3.01. The van der Waals surface area contributed by atoms with Crippen molar-refractivity contribution in [2.45, 2.75) is 12.7 Å². The van der Waals surface area contributed by atoms with Gasteiger partial charge in [-0.15, -0.1) is 0 Å². The van der Waals surface area contributed by atoms with E-state index in [0.29, 0.717) is 4.68 Å². The maximum atomic E-state index is 12.2. The van der Waals surface area contributed by atoms with E-state index in [0.717, 1.165) is 6.20 Å². The molecule has 1 aromatic rings. The van der Waals surface area contributed by atoms with Gasteiger partial charge < -0.3 is 10.2 Å². The van der Waals surface area contributed by atoms with E-state index in [9.17, 15) is 22.8 Å². The minimum atomic E-state index is -4.54. The Labute approximate surface area is 120 Å². The number of carbonyl (C=O) groups is 1. The Morgan fingerprint density at radius 2 is 2.10 bits per heavy atom. The quantitative estimate of drug-likeness (QED) is 0.876. The lowest BCUT2D eigenvalue weighted by atomic mass is 10.4. The second kappa shape index (κ2) is 6.25. The van der Waals surface area contributed by atoms with E-state index in [1.807, 2.05) is 0 Å². The predicted octanol–water partition coefficient (Wildman–Crippen LogP) is 1.07. The molecule has 0 fully saturated rings. The number of nitrogens with one attached hydrogen (secondary N) is 1. The average molecular weight is 357 g/mol. The predicted molar refractivity (Wildman–Crippen MR) is 69.4 cm³/mol. The fourth-order valence-electron chi connectivity index (χ4n) is 1.20. The van der Waals surface area contributed by atoms with Crippen molar-refractivity contribution in [3.63, 3.8) is 0 Å². The van der Waals surface area contributed by atoms with Gasteiger partial charge in [-0.2, -0.15) is 18.3 Å². The number of amides is 1. The summed E-state index contributed by atoms with van der Waals surface area (Å²) in [7, 11) is 3.11. The highest BCUT2D eigenvalue weighted by Crippen LogP contribution is 2.19. The summed E-state index contributed by atoms with van der Waals surface area (Å²) >= 11 is 2.90. The Morgan fingerprint density at radius 1 is 1.50 bits per heavy atom. The van der Waals surface area contributed by atoms with Gasteiger partial charge in [0, 0.05) is 14.1 Å². The molecule has 0 atom stereocenters. The van der Waals surface area contributed by atoms with Crippen LogP contribution in [0.3, 0.4) is 0 Å². The molecule has 112 valence electrons. The van der Waals surface area contributed by atoms with Gasteiger partial charge in [0.15, 0.2) is 0 Å². The number of nitrogens with zero attached hydrogens (tertiary/aromatic N) is 3. The van der Waals surface area contributed by atoms with Crippen LogP contribution in [0.15, 0.2) is 15.5 Å². The van der Waals surface area contributed by atoms with Gasteiger partial charge in [0.1, 0.15) is 11.0 Å². The molecule has 1 rings (SSSR count). The Bertz CT molecular complexity index is 556. The number of alkyl halides is 3. The summed E-state index contributed by atoms with van der Waals surface area (Å²) in [6, 6.07) is 0. The Morgan fingerprint density at radius 3 is 2.60 bits per heavy atom. The van der Waals surface area contributed by atoms with Crippen LogP contribution in [0.2, 0.25) is 0 Å². The smallest absolute Gasteiger partial charge is 0.374 e. The molecule has 1 N–H and O–H groups in total. The molecule has 0 aliphatic carbocycles. The second-order valence-electron chi connectivity index (χ2n) is 4.09. The highest BCUT2D eigenvalue weighted by atomic mass is 79.9. The summed E-state index contributed by atoms with van der Waals surface area (Å²) in [5.41, 5.74) is -0.770. The van der Waals surface area contributed by atoms with Gasteiger partial charge >= 0.3 is 6.18 Å². The first-order valence-corrected chi connectivity index (χ1v) is 6.17. The van der Waals surface area contributed by atoms with Crippen LogP contribution in [0.5, 0.6) is 0 Å². The summed E-state index contributed by atoms with van der Waals surface area (Å²) in [6.07, 6.45) is -3.48. The first-order chi connectivity index (χ1) is 9.11. The summed E-state index contributed by atoms with van der Waals surface area (Å²) in [4.78, 5) is 24.4. The zero-order chi connectivity index (χ0) is 15.5. The van der Waals surface area contributed by atoms with Crippen LogP contribution in [0, 0.1) is 0 Å². The number of aromatic nitrogens is 2. The van der Waals surface area contributed by atoms with Crippen LogP contribution < -0.4 is 10.9 Å². The zero-order valence-corrected chi connectivity index (χ0v) is 12.2.